The maximum Gasteiger partial charge on any atom is 0.0644 e. The van der Waals surface area contributed by atoms with Gasteiger partial charge in [0.15, 0.2) is 0 Å². The summed E-state index contributed by atoms with van der Waals surface area (Å²) < 4.78 is 1.90. The van der Waals surface area contributed by atoms with Gasteiger partial charge in [0.25, 0.3) is 0 Å². The molecular formula is C12H15N3OS. The first-order chi connectivity index (χ1) is 8.40. The third kappa shape index (κ3) is 1.90. The van der Waals surface area contributed by atoms with Crippen LogP contribution in [0.1, 0.15) is 22.1 Å². The average Bonchev–Trinajstić information content (AvgIpc) is 2.98. The minimum atomic E-state index is 0.137. The number of thiophene rings is 1. The quantitative estimate of drug-likeness (QED) is 0.858. The number of aliphatic hydroxyl groups is 1. The van der Waals surface area contributed by atoms with Gasteiger partial charge in [-0.3, -0.25) is 4.68 Å². The molecule has 0 amide bonds. The van der Waals surface area contributed by atoms with Crippen LogP contribution in [0.4, 0.5) is 0 Å². The fourth-order valence-electron chi connectivity index (χ4n) is 2.39. The number of hydrogen-bond acceptors (Lipinski definition) is 4. The van der Waals surface area contributed by atoms with Gasteiger partial charge in [-0.05, 0) is 11.4 Å². The highest BCUT2D eigenvalue weighted by molar-refractivity contribution is 7.10. The zero-order valence-corrected chi connectivity index (χ0v) is 10.3. The number of hydrogen-bond donors (Lipinski definition) is 2. The smallest absolute Gasteiger partial charge is 0.0644 e. The Hall–Kier alpha value is -1.17. The van der Waals surface area contributed by atoms with E-state index in [1.807, 2.05) is 10.9 Å². The van der Waals surface area contributed by atoms with E-state index in [4.69, 9.17) is 5.11 Å². The van der Waals surface area contributed by atoms with Crippen molar-refractivity contribution in [2.75, 3.05) is 13.2 Å². The molecule has 4 nitrogen and oxygen atoms in total. The summed E-state index contributed by atoms with van der Waals surface area (Å²) in [6.07, 6.45) is 1.95. The average molecular weight is 249 g/mol. The molecule has 0 radical (unpaired) electrons. The lowest BCUT2D eigenvalue weighted by Crippen LogP contribution is -2.29. The summed E-state index contributed by atoms with van der Waals surface area (Å²) in [7, 11) is 0. The molecule has 1 atom stereocenters. The largest absolute Gasteiger partial charge is 0.394 e. The second-order valence-corrected chi connectivity index (χ2v) is 5.17. The normalized spacial score (nSPS) is 19.2. The lowest BCUT2D eigenvalue weighted by molar-refractivity contribution is 0.266. The molecule has 1 aliphatic heterocycles. The molecule has 17 heavy (non-hydrogen) atoms. The second kappa shape index (κ2) is 4.60. The van der Waals surface area contributed by atoms with Crippen molar-refractivity contribution in [1.82, 2.24) is 15.1 Å². The summed E-state index contributed by atoms with van der Waals surface area (Å²) in [4.78, 5) is 1.38. The molecule has 1 unspecified atom stereocenters. The van der Waals surface area contributed by atoms with Crippen LogP contribution in [-0.2, 0) is 13.1 Å². The molecule has 2 aromatic rings. The number of nitrogens with one attached hydrogen (secondary N) is 1. The summed E-state index contributed by atoms with van der Waals surface area (Å²) in [5, 5.41) is 18.9. The van der Waals surface area contributed by atoms with Crippen LogP contribution in [0.15, 0.2) is 23.7 Å². The first-order valence-corrected chi connectivity index (χ1v) is 6.67. The molecule has 0 aliphatic carbocycles. The minimum absolute atomic E-state index is 0.137. The third-order valence-electron chi connectivity index (χ3n) is 3.20. The monoisotopic (exact) mass is 249 g/mol. The predicted molar refractivity (Wildman–Crippen MR) is 67.2 cm³/mol. The summed E-state index contributed by atoms with van der Waals surface area (Å²) in [6, 6.07) is 4.27. The molecule has 90 valence electrons. The molecule has 2 aromatic heterocycles. The zero-order chi connectivity index (χ0) is 11.7. The topological polar surface area (TPSA) is 50.1 Å². The molecule has 0 saturated carbocycles. The summed E-state index contributed by atoms with van der Waals surface area (Å²) in [5.74, 6) is 0.409. The van der Waals surface area contributed by atoms with Crippen molar-refractivity contribution in [3.63, 3.8) is 0 Å². The van der Waals surface area contributed by atoms with Gasteiger partial charge in [-0.1, -0.05) is 6.07 Å². The molecule has 0 aromatic carbocycles. The second-order valence-electron chi connectivity index (χ2n) is 4.19. The van der Waals surface area contributed by atoms with Crippen molar-refractivity contribution in [3.05, 3.63) is 39.8 Å². The molecule has 5 heteroatoms. The van der Waals surface area contributed by atoms with Gasteiger partial charge in [0.2, 0.25) is 0 Å². The van der Waals surface area contributed by atoms with Gasteiger partial charge in [-0.25, -0.2) is 0 Å². The molecule has 3 heterocycles. The zero-order valence-electron chi connectivity index (χ0n) is 9.47. The highest BCUT2D eigenvalue weighted by Gasteiger charge is 2.25. The lowest BCUT2D eigenvalue weighted by atomic mass is 9.95. The van der Waals surface area contributed by atoms with Gasteiger partial charge in [-0.2, -0.15) is 5.10 Å². The van der Waals surface area contributed by atoms with Crippen molar-refractivity contribution in [3.8, 4) is 0 Å². The van der Waals surface area contributed by atoms with Crippen LogP contribution < -0.4 is 5.32 Å². The highest BCUT2D eigenvalue weighted by Crippen LogP contribution is 2.32. The summed E-state index contributed by atoms with van der Waals surface area (Å²) in [5.41, 5.74) is 2.52. The van der Waals surface area contributed by atoms with Crippen molar-refractivity contribution >= 4 is 11.3 Å². The van der Waals surface area contributed by atoms with E-state index in [0.29, 0.717) is 12.5 Å². The molecule has 1 aliphatic rings. The molecule has 2 N–H and O–H groups in total. The lowest BCUT2D eigenvalue weighted by Gasteiger charge is -2.23. The van der Waals surface area contributed by atoms with Crippen molar-refractivity contribution in [2.45, 2.75) is 19.0 Å². The first kappa shape index (κ1) is 11.0. The molecule has 3 rings (SSSR count). The third-order valence-corrected chi connectivity index (χ3v) is 4.18. The summed E-state index contributed by atoms with van der Waals surface area (Å²) >= 11 is 1.79. The maximum absolute atomic E-state index is 9.01. The number of aromatic nitrogens is 2. The van der Waals surface area contributed by atoms with Crippen LogP contribution in [0.25, 0.3) is 0 Å². The van der Waals surface area contributed by atoms with E-state index in [-0.39, 0.29) is 6.61 Å². The van der Waals surface area contributed by atoms with Gasteiger partial charge in [0.1, 0.15) is 0 Å². The Kier molecular flexibility index (Phi) is 2.96. The van der Waals surface area contributed by atoms with Crippen LogP contribution in [0.5, 0.6) is 0 Å². The number of fused-ring (bicyclic) bond motifs is 1. The Bertz CT molecular complexity index is 492. The summed E-state index contributed by atoms with van der Waals surface area (Å²) in [6.45, 7) is 2.53. The fourth-order valence-corrected chi connectivity index (χ4v) is 3.23. The Morgan fingerprint density at radius 3 is 3.29 bits per heavy atom. The van der Waals surface area contributed by atoms with Crippen LogP contribution in [0.3, 0.4) is 0 Å². The molecule has 0 saturated heterocycles. The highest BCUT2D eigenvalue weighted by atomic mass is 32.1. The van der Waals surface area contributed by atoms with E-state index in [1.165, 1.54) is 16.1 Å². The minimum Gasteiger partial charge on any atom is -0.394 e. The SMILES string of the molecule is OCCn1ncc2c1CNCC2c1cccs1. The van der Waals surface area contributed by atoms with Gasteiger partial charge < -0.3 is 10.4 Å². The number of aliphatic hydroxyl groups excluding tert-OH is 1. The molecular weight excluding hydrogens is 234 g/mol. The van der Waals surface area contributed by atoms with Crippen LogP contribution >= 0.6 is 11.3 Å². The molecule has 0 spiro atoms. The van der Waals surface area contributed by atoms with E-state index in [1.54, 1.807) is 11.3 Å². The Morgan fingerprint density at radius 1 is 1.59 bits per heavy atom. The van der Waals surface area contributed by atoms with Gasteiger partial charge in [-0.15, -0.1) is 11.3 Å². The Morgan fingerprint density at radius 2 is 2.53 bits per heavy atom. The Balaban J connectivity index is 1.97. The van der Waals surface area contributed by atoms with E-state index < -0.39 is 0 Å². The molecule has 0 bridgehead atoms. The molecule has 0 fully saturated rings. The standard InChI is InChI=1S/C12H15N3OS/c16-4-3-15-11-8-13-6-10(9(11)7-14-15)12-2-1-5-17-12/h1-2,5,7,10,13,16H,3-4,6,8H2. The van der Waals surface area contributed by atoms with Crippen molar-refractivity contribution in [2.24, 2.45) is 0 Å². The van der Waals surface area contributed by atoms with Crippen LogP contribution in [-0.4, -0.2) is 28.0 Å². The van der Waals surface area contributed by atoms with Crippen molar-refractivity contribution < 1.29 is 5.11 Å². The van der Waals surface area contributed by atoms with Crippen molar-refractivity contribution in [1.29, 1.82) is 0 Å². The van der Waals surface area contributed by atoms with E-state index in [0.717, 1.165) is 13.1 Å². The van der Waals surface area contributed by atoms with Crippen LogP contribution in [0, 0.1) is 0 Å². The Labute approximate surface area is 104 Å². The number of rotatable bonds is 3. The van der Waals surface area contributed by atoms with Gasteiger partial charge in [0, 0.05) is 29.4 Å². The van der Waals surface area contributed by atoms with Gasteiger partial charge >= 0.3 is 0 Å². The van der Waals surface area contributed by atoms with Gasteiger partial charge in [0.05, 0.1) is 25.0 Å². The number of nitrogens with zero attached hydrogens (tertiary/aromatic N) is 2. The van der Waals surface area contributed by atoms with E-state index in [9.17, 15) is 0 Å². The first-order valence-electron chi connectivity index (χ1n) is 5.79. The maximum atomic E-state index is 9.01. The van der Waals surface area contributed by atoms with E-state index in [2.05, 4.69) is 27.9 Å². The predicted octanol–water partition coefficient (Wildman–Crippen LogP) is 1.17. The van der Waals surface area contributed by atoms with Crippen LogP contribution in [0.2, 0.25) is 0 Å². The fraction of sp³-hybridized carbons (Fsp3) is 0.417. The van der Waals surface area contributed by atoms with E-state index >= 15 is 0 Å².